The second-order valence-corrected chi connectivity index (χ2v) is 5.51. The van der Waals surface area contributed by atoms with Gasteiger partial charge in [0.25, 0.3) is 5.91 Å². The molecule has 126 valence electrons. The Bertz CT molecular complexity index is 567. The standard InChI is InChI=1S/C16H22FN3O3/c1-23-11-14(18)16(22)20-8-4-7-19(9-10-20)15(21)12-5-2-3-6-13(12)17/h2-3,5-6,14H,4,7-11,18H2,1H3. The van der Waals surface area contributed by atoms with Crippen LogP contribution in [-0.4, -0.2) is 67.6 Å². The zero-order valence-electron chi connectivity index (χ0n) is 13.2. The van der Waals surface area contributed by atoms with E-state index >= 15 is 0 Å². The Balaban J connectivity index is 2.00. The van der Waals surface area contributed by atoms with Crippen LogP contribution in [0, 0.1) is 5.82 Å². The van der Waals surface area contributed by atoms with E-state index in [2.05, 4.69) is 0 Å². The Morgan fingerprint density at radius 2 is 1.87 bits per heavy atom. The number of carbonyl (C=O) groups is 2. The second kappa shape index (κ2) is 8.03. The molecule has 1 unspecified atom stereocenters. The molecule has 0 radical (unpaired) electrons. The van der Waals surface area contributed by atoms with Gasteiger partial charge in [-0.1, -0.05) is 12.1 Å². The third-order valence-electron chi connectivity index (χ3n) is 3.86. The van der Waals surface area contributed by atoms with Gasteiger partial charge in [0.15, 0.2) is 0 Å². The minimum atomic E-state index is -0.700. The predicted molar refractivity (Wildman–Crippen MR) is 83.4 cm³/mol. The van der Waals surface area contributed by atoms with Crippen molar-refractivity contribution >= 4 is 11.8 Å². The van der Waals surface area contributed by atoms with Gasteiger partial charge >= 0.3 is 0 Å². The lowest BCUT2D eigenvalue weighted by Gasteiger charge is -2.24. The van der Waals surface area contributed by atoms with Crippen molar-refractivity contribution in [2.75, 3.05) is 39.9 Å². The van der Waals surface area contributed by atoms with E-state index in [1.54, 1.807) is 21.9 Å². The van der Waals surface area contributed by atoms with E-state index in [0.29, 0.717) is 32.6 Å². The number of ether oxygens (including phenoxy) is 1. The second-order valence-electron chi connectivity index (χ2n) is 5.51. The molecule has 1 heterocycles. The van der Waals surface area contributed by atoms with Crippen LogP contribution in [0.5, 0.6) is 0 Å². The molecule has 2 rings (SSSR count). The van der Waals surface area contributed by atoms with Gasteiger partial charge < -0.3 is 20.3 Å². The molecule has 7 heteroatoms. The van der Waals surface area contributed by atoms with E-state index in [-0.39, 0.29) is 24.0 Å². The molecular weight excluding hydrogens is 301 g/mol. The number of halogens is 1. The third kappa shape index (κ3) is 4.27. The van der Waals surface area contributed by atoms with E-state index in [1.165, 1.54) is 19.2 Å². The van der Waals surface area contributed by atoms with Crippen molar-refractivity contribution < 1.29 is 18.7 Å². The minimum Gasteiger partial charge on any atom is -0.383 e. The summed E-state index contributed by atoms with van der Waals surface area (Å²) >= 11 is 0. The van der Waals surface area contributed by atoms with Gasteiger partial charge in [0.2, 0.25) is 5.91 Å². The summed E-state index contributed by atoms with van der Waals surface area (Å²) in [6.07, 6.45) is 0.631. The monoisotopic (exact) mass is 323 g/mol. The van der Waals surface area contributed by atoms with Gasteiger partial charge in [-0.25, -0.2) is 4.39 Å². The molecule has 1 aliphatic rings. The van der Waals surface area contributed by atoms with E-state index in [0.717, 1.165) is 0 Å². The van der Waals surface area contributed by atoms with Gasteiger partial charge in [0, 0.05) is 33.3 Å². The highest BCUT2D eigenvalue weighted by molar-refractivity contribution is 5.94. The molecule has 1 atom stereocenters. The van der Waals surface area contributed by atoms with Crippen molar-refractivity contribution in [2.24, 2.45) is 5.73 Å². The highest BCUT2D eigenvalue weighted by Gasteiger charge is 2.26. The zero-order valence-corrected chi connectivity index (χ0v) is 13.2. The van der Waals surface area contributed by atoms with Crippen molar-refractivity contribution in [3.05, 3.63) is 35.6 Å². The molecule has 2 amide bonds. The Morgan fingerprint density at radius 3 is 2.57 bits per heavy atom. The molecule has 0 aliphatic carbocycles. The number of rotatable bonds is 4. The van der Waals surface area contributed by atoms with Crippen LogP contribution < -0.4 is 5.73 Å². The summed E-state index contributed by atoms with van der Waals surface area (Å²) < 4.78 is 18.6. The SMILES string of the molecule is COCC(N)C(=O)N1CCCN(C(=O)c2ccccc2F)CC1. The van der Waals surface area contributed by atoms with Gasteiger partial charge in [0.1, 0.15) is 11.9 Å². The number of methoxy groups -OCH3 is 1. The minimum absolute atomic E-state index is 0.0587. The number of hydrogen-bond donors (Lipinski definition) is 1. The lowest BCUT2D eigenvalue weighted by molar-refractivity contribution is -0.133. The van der Waals surface area contributed by atoms with Crippen LogP contribution in [-0.2, 0) is 9.53 Å². The van der Waals surface area contributed by atoms with Crippen LogP contribution in [0.3, 0.4) is 0 Å². The van der Waals surface area contributed by atoms with Crippen molar-refractivity contribution in [1.29, 1.82) is 0 Å². The summed E-state index contributed by atoms with van der Waals surface area (Å²) in [7, 11) is 1.49. The van der Waals surface area contributed by atoms with Crippen molar-refractivity contribution in [3.8, 4) is 0 Å². The summed E-state index contributed by atoms with van der Waals surface area (Å²) in [5.74, 6) is -1.07. The number of nitrogens with two attached hydrogens (primary N) is 1. The molecule has 0 aromatic heterocycles. The van der Waals surface area contributed by atoms with Crippen LogP contribution in [0.4, 0.5) is 4.39 Å². The van der Waals surface area contributed by atoms with E-state index < -0.39 is 11.9 Å². The first-order valence-corrected chi connectivity index (χ1v) is 7.61. The highest BCUT2D eigenvalue weighted by atomic mass is 19.1. The zero-order chi connectivity index (χ0) is 16.8. The number of hydrogen-bond acceptors (Lipinski definition) is 4. The fourth-order valence-corrected chi connectivity index (χ4v) is 2.63. The van der Waals surface area contributed by atoms with Gasteiger partial charge in [0.05, 0.1) is 12.2 Å². The summed E-state index contributed by atoms with van der Waals surface area (Å²) in [6, 6.07) is 5.22. The molecule has 2 N–H and O–H groups in total. The maximum Gasteiger partial charge on any atom is 0.256 e. The largest absolute Gasteiger partial charge is 0.383 e. The first kappa shape index (κ1) is 17.4. The first-order chi connectivity index (χ1) is 11.0. The average Bonchev–Trinajstić information content (AvgIpc) is 2.80. The summed E-state index contributed by atoms with van der Waals surface area (Å²) in [5, 5.41) is 0. The molecule has 1 aromatic carbocycles. The number of amides is 2. The van der Waals surface area contributed by atoms with Gasteiger partial charge in [-0.3, -0.25) is 9.59 Å². The molecule has 6 nitrogen and oxygen atoms in total. The van der Waals surface area contributed by atoms with E-state index in [4.69, 9.17) is 10.5 Å². The Morgan fingerprint density at radius 1 is 1.22 bits per heavy atom. The van der Waals surface area contributed by atoms with Crippen LogP contribution >= 0.6 is 0 Å². The average molecular weight is 323 g/mol. The quantitative estimate of drug-likeness (QED) is 0.874. The van der Waals surface area contributed by atoms with Crippen molar-refractivity contribution in [1.82, 2.24) is 9.80 Å². The smallest absolute Gasteiger partial charge is 0.256 e. The maximum absolute atomic E-state index is 13.7. The Labute approximate surface area is 135 Å². The van der Waals surface area contributed by atoms with Crippen LogP contribution in [0.15, 0.2) is 24.3 Å². The number of carbonyl (C=O) groups excluding carboxylic acids is 2. The number of benzene rings is 1. The Kier molecular flexibility index (Phi) is 6.06. The van der Waals surface area contributed by atoms with Gasteiger partial charge in [-0.05, 0) is 18.6 Å². The molecule has 0 bridgehead atoms. The molecule has 1 saturated heterocycles. The summed E-state index contributed by atoms with van der Waals surface area (Å²) in [4.78, 5) is 27.8. The third-order valence-corrected chi connectivity index (χ3v) is 3.86. The molecule has 0 spiro atoms. The van der Waals surface area contributed by atoms with Crippen molar-refractivity contribution in [3.63, 3.8) is 0 Å². The van der Waals surface area contributed by atoms with E-state index in [1.807, 2.05) is 0 Å². The Hall–Kier alpha value is -1.99. The molecule has 23 heavy (non-hydrogen) atoms. The van der Waals surface area contributed by atoms with Crippen LogP contribution in [0.1, 0.15) is 16.8 Å². The van der Waals surface area contributed by atoms with Gasteiger partial charge in [-0.15, -0.1) is 0 Å². The lowest BCUT2D eigenvalue weighted by Crippen LogP contribution is -2.47. The molecule has 1 aliphatic heterocycles. The summed E-state index contributed by atoms with van der Waals surface area (Å²) in [6.45, 7) is 1.91. The van der Waals surface area contributed by atoms with Crippen molar-refractivity contribution in [2.45, 2.75) is 12.5 Å². The molecule has 1 aromatic rings. The molecule has 1 fully saturated rings. The normalized spacial score (nSPS) is 16.8. The van der Waals surface area contributed by atoms with E-state index in [9.17, 15) is 14.0 Å². The van der Waals surface area contributed by atoms with Gasteiger partial charge in [-0.2, -0.15) is 0 Å². The highest BCUT2D eigenvalue weighted by Crippen LogP contribution is 2.13. The van der Waals surface area contributed by atoms with Crippen LogP contribution in [0.25, 0.3) is 0 Å². The molecular formula is C16H22FN3O3. The fourth-order valence-electron chi connectivity index (χ4n) is 2.63. The molecule has 0 saturated carbocycles. The fraction of sp³-hybridized carbons (Fsp3) is 0.500. The number of nitrogens with zero attached hydrogens (tertiary/aromatic N) is 2. The lowest BCUT2D eigenvalue weighted by atomic mass is 10.2. The summed E-state index contributed by atoms with van der Waals surface area (Å²) in [5.41, 5.74) is 5.83. The predicted octanol–water partition coefficient (Wildman–Crippen LogP) is 0.474. The maximum atomic E-state index is 13.7. The van der Waals surface area contributed by atoms with Crippen LogP contribution in [0.2, 0.25) is 0 Å². The topological polar surface area (TPSA) is 75.9 Å². The first-order valence-electron chi connectivity index (χ1n) is 7.61.